The van der Waals surface area contributed by atoms with E-state index in [-0.39, 0.29) is 17.0 Å². The molecule has 3 aromatic heterocycles. The molecule has 1 aliphatic rings. The van der Waals surface area contributed by atoms with Crippen molar-refractivity contribution in [3.63, 3.8) is 0 Å². The van der Waals surface area contributed by atoms with E-state index in [2.05, 4.69) is 15.1 Å². The molecule has 138 valence electrons. The first-order chi connectivity index (χ1) is 12.4. The van der Waals surface area contributed by atoms with E-state index in [4.69, 9.17) is 23.1 Å². The second kappa shape index (κ2) is 6.20. The van der Waals surface area contributed by atoms with Crippen LogP contribution in [-0.4, -0.2) is 53.3 Å². The summed E-state index contributed by atoms with van der Waals surface area (Å²) >= 11 is 6.02. The first kappa shape index (κ1) is 17.2. The predicted octanol–water partition coefficient (Wildman–Crippen LogP) is 0.309. The summed E-state index contributed by atoms with van der Waals surface area (Å²) in [7, 11) is 1.82. The molecule has 10 heteroatoms. The van der Waals surface area contributed by atoms with Crippen molar-refractivity contribution in [2.24, 2.45) is 18.7 Å². The second-order valence-corrected chi connectivity index (χ2v) is 7.02. The molecule has 1 fully saturated rings. The lowest BCUT2D eigenvalue weighted by Crippen LogP contribution is -2.31. The minimum atomic E-state index is -0.967. The number of nitrogen functional groups attached to an aromatic ring is 1. The monoisotopic (exact) mass is 377 g/mol. The molecule has 0 aliphatic heterocycles. The third-order valence-electron chi connectivity index (χ3n) is 5.09. The van der Waals surface area contributed by atoms with Gasteiger partial charge in [0.2, 0.25) is 5.28 Å². The minimum Gasteiger partial charge on any atom is -0.390 e. The number of nitrogens with zero attached hydrogens (tertiary/aromatic N) is 5. The number of aromatic nitrogens is 5. The predicted molar refractivity (Wildman–Crippen MR) is 97.4 cm³/mol. The van der Waals surface area contributed by atoms with Crippen molar-refractivity contribution < 1.29 is 10.2 Å². The second-order valence-electron chi connectivity index (χ2n) is 6.68. The number of halogens is 1. The molecule has 1 aliphatic carbocycles. The van der Waals surface area contributed by atoms with Crippen molar-refractivity contribution >= 4 is 28.5 Å². The summed E-state index contributed by atoms with van der Waals surface area (Å²) in [4.78, 5) is 8.38. The van der Waals surface area contributed by atoms with E-state index in [0.29, 0.717) is 29.7 Å². The number of anilines is 1. The summed E-state index contributed by atoms with van der Waals surface area (Å²) in [5.41, 5.74) is 13.8. The fourth-order valence-corrected chi connectivity index (χ4v) is 3.93. The number of aryl methyl sites for hydroxylation is 1. The average molecular weight is 378 g/mol. The summed E-state index contributed by atoms with van der Waals surface area (Å²) in [5.74, 6) is 0.0446. The van der Waals surface area contributed by atoms with Gasteiger partial charge in [0.05, 0.1) is 23.2 Å². The van der Waals surface area contributed by atoms with Crippen LogP contribution in [0.1, 0.15) is 12.5 Å². The summed E-state index contributed by atoms with van der Waals surface area (Å²) in [6.07, 6.45) is 2.31. The minimum absolute atomic E-state index is 0.0188. The lowest BCUT2D eigenvalue weighted by molar-refractivity contribution is 0.00823. The van der Waals surface area contributed by atoms with Gasteiger partial charge in [-0.3, -0.25) is 4.68 Å². The van der Waals surface area contributed by atoms with Gasteiger partial charge in [0, 0.05) is 30.9 Å². The Balaban J connectivity index is 1.93. The smallest absolute Gasteiger partial charge is 0.226 e. The van der Waals surface area contributed by atoms with E-state index < -0.39 is 18.2 Å². The van der Waals surface area contributed by atoms with Crippen molar-refractivity contribution in [1.29, 1.82) is 0 Å². The number of fused-ring (bicyclic) bond motifs is 1. The molecule has 0 spiro atoms. The number of rotatable bonds is 3. The van der Waals surface area contributed by atoms with E-state index in [0.717, 1.165) is 5.56 Å². The highest BCUT2D eigenvalue weighted by atomic mass is 35.5. The molecular formula is C16H20ClN7O2. The Morgan fingerprint density at radius 2 is 2.08 bits per heavy atom. The maximum atomic E-state index is 10.5. The van der Waals surface area contributed by atoms with Crippen molar-refractivity contribution in [2.75, 3.05) is 12.3 Å². The van der Waals surface area contributed by atoms with Crippen LogP contribution in [0.2, 0.25) is 5.28 Å². The lowest BCUT2D eigenvalue weighted by atomic mass is 10.1. The molecule has 0 saturated heterocycles. The Labute approximate surface area is 154 Å². The first-order valence-electron chi connectivity index (χ1n) is 8.30. The van der Waals surface area contributed by atoms with Gasteiger partial charge in [-0.2, -0.15) is 10.1 Å². The quantitative estimate of drug-likeness (QED) is 0.481. The maximum absolute atomic E-state index is 10.5. The Hall–Kier alpha value is -2.20. The van der Waals surface area contributed by atoms with Gasteiger partial charge >= 0.3 is 0 Å². The molecular weight excluding hydrogens is 358 g/mol. The average Bonchev–Trinajstić information content (AvgIpc) is 3.25. The van der Waals surface area contributed by atoms with Crippen molar-refractivity contribution in [3.8, 4) is 11.3 Å². The topological polar surface area (TPSA) is 141 Å². The molecule has 26 heavy (non-hydrogen) atoms. The van der Waals surface area contributed by atoms with Gasteiger partial charge in [0.15, 0.2) is 0 Å². The Morgan fingerprint density at radius 1 is 1.31 bits per heavy atom. The molecule has 6 N–H and O–H groups in total. The van der Waals surface area contributed by atoms with Crippen LogP contribution in [0.5, 0.6) is 0 Å². The Morgan fingerprint density at radius 3 is 2.69 bits per heavy atom. The highest BCUT2D eigenvalue weighted by Crippen LogP contribution is 2.40. The van der Waals surface area contributed by atoms with Crippen molar-refractivity contribution in [1.82, 2.24) is 24.3 Å². The van der Waals surface area contributed by atoms with Crippen LogP contribution < -0.4 is 11.5 Å². The molecule has 0 amide bonds. The van der Waals surface area contributed by atoms with Crippen LogP contribution in [0.15, 0.2) is 18.5 Å². The summed E-state index contributed by atoms with van der Waals surface area (Å²) in [6, 6.07) is 1.46. The molecule has 4 rings (SSSR count). The number of aliphatic hydroxyl groups is 2. The van der Waals surface area contributed by atoms with Crippen LogP contribution in [0.4, 0.5) is 5.82 Å². The van der Waals surface area contributed by atoms with Gasteiger partial charge < -0.3 is 26.2 Å². The number of hydrogen-bond donors (Lipinski definition) is 4. The lowest BCUT2D eigenvalue weighted by Gasteiger charge is -2.19. The Bertz CT molecular complexity index is 969. The Kier molecular flexibility index (Phi) is 4.11. The van der Waals surface area contributed by atoms with E-state index in [1.54, 1.807) is 9.25 Å². The zero-order valence-corrected chi connectivity index (χ0v) is 14.9. The van der Waals surface area contributed by atoms with Crippen molar-refractivity contribution in [2.45, 2.75) is 24.7 Å². The largest absolute Gasteiger partial charge is 0.390 e. The zero-order valence-electron chi connectivity index (χ0n) is 14.1. The summed E-state index contributed by atoms with van der Waals surface area (Å²) in [5, 5.41) is 25.9. The van der Waals surface area contributed by atoms with Gasteiger partial charge in [-0.15, -0.1) is 0 Å². The SMILES string of the molecule is Cn1ccc(-c2cn([C@@H]3C[C@H](CN)[C@@H](O)[C@H]3O)c3nc(Cl)nc(N)c23)n1. The maximum Gasteiger partial charge on any atom is 0.226 e. The van der Waals surface area contributed by atoms with Crippen LogP contribution in [-0.2, 0) is 7.05 Å². The van der Waals surface area contributed by atoms with E-state index in [1.807, 2.05) is 25.5 Å². The zero-order chi connectivity index (χ0) is 18.6. The molecule has 3 aromatic rings. The molecule has 4 atom stereocenters. The van der Waals surface area contributed by atoms with Crippen LogP contribution >= 0.6 is 11.6 Å². The standard InChI is InChI=1S/C16H20ClN7O2/c1-23-3-2-9(22-23)8-6-24(10-4-7(5-18)12(25)13(10)26)15-11(8)14(19)20-16(17)21-15/h2-3,6-7,10,12-13,25-26H,4-5,18H2,1H3,(H2,19,20,21)/t7-,10-,12-,13+/m1/s1. The van der Waals surface area contributed by atoms with E-state index in [9.17, 15) is 10.2 Å². The number of aliphatic hydroxyl groups excluding tert-OH is 2. The first-order valence-corrected chi connectivity index (χ1v) is 8.68. The molecule has 0 bridgehead atoms. The fourth-order valence-electron chi connectivity index (χ4n) is 3.76. The van der Waals surface area contributed by atoms with Gasteiger partial charge in [-0.25, -0.2) is 4.98 Å². The van der Waals surface area contributed by atoms with Gasteiger partial charge in [0.25, 0.3) is 0 Å². The number of nitrogens with two attached hydrogens (primary N) is 2. The van der Waals surface area contributed by atoms with Crippen LogP contribution in [0.25, 0.3) is 22.3 Å². The van der Waals surface area contributed by atoms with E-state index in [1.165, 1.54) is 0 Å². The third kappa shape index (κ3) is 2.55. The highest BCUT2D eigenvalue weighted by molar-refractivity contribution is 6.29. The highest BCUT2D eigenvalue weighted by Gasteiger charge is 2.42. The van der Waals surface area contributed by atoms with Crippen molar-refractivity contribution in [3.05, 3.63) is 23.7 Å². The van der Waals surface area contributed by atoms with Gasteiger partial charge in [-0.1, -0.05) is 0 Å². The normalized spacial score (nSPS) is 26.0. The molecule has 3 heterocycles. The van der Waals surface area contributed by atoms with E-state index >= 15 is 0 Å². The van der Waals surface area contributed by atoms with Crippen LogP contribution in [0.3, 0.4) is 0 Å². The summed E-state index contributed by atoms with van der Waals surface area (Å²) in [6.45, 7) is 0.291. The number of hydrogen-bond acceptors (Lipinski definition) is 7. The van der Waals surface area contributed by atoms with Crippen LogP contribution in [0, 0.1) is 5.92 Å². The summed E-state index contributed by atoms with van der Waals surface area (Å²) < 4.78 is 3.48. The molecule has 0 aromatic carbocycles. The molecule has 1 saturated carbocycles. The van der Waals surface area contributed by atoms with Gasteiger partial charge in [0.1, 0.15) is 17.6 Å². The third-order valence-corrected chi connectivity index (χ3v) is 5.26. The fraction of sp³-hybridized carbons (Fsp3) is 0.438. The molecule has 9 nitrogen and oxygen atoms in total. The molecule has 0 unspecified atom stereocenters. The van der Waals surface area contributed by atoms with Gasteiger partial charge in [-0.05, 0) is 30.6 Å². The molecule has 0 radical (unpaired) electrons.